The van der Waals surface area contributed by atoms with E-state index in [0.29, 0.717) is 5.69 Å². The van der Waals surface area contributed by atoms with Gasteiger partial charge in [-0.2, -0.15) is 0 Å². The second kappa shape index (κ2) is 8.35. The van der Waals surface area contributed by atoms with Crippen LogP contribution in [0.5, 0.6) is 0 Å². The lowest BCUT2D eigenvalue weighted by Gasteiger charge is -2.22. The van der Waals surface area contributed by atoms with E-state index in [1.54, 1.807) is 25.6 Å². The molecule has 8 heteroatoms. The van der Waals surface area contributed by atoms with E-state index in [1.165, 1.54) is 6.21 Å². The number of ether oxygens (including phenoxy) is 2. The number of nitrogens with zero attached hydrogens (tertiary/aromatic N) is 3. The van der Waals surface area contributed by atoms with Crippen molar-refractivity contribution >= 4 is 46.5 Å². The van der Waals surface area contributed by atoms with Crippen molar-refractivity contribution < 1.29 is 19.1 Å². The molecule has 138 valence electrons. The second-order valence-electron chi connectivity index (χ2n) is 5.68. The van der Waals surface area contributed by atoms with Crippen molar-refractivity contribution in [2.75, 3.05) is 31.2 Å². The molecular weight excluding hydrogens is 354 g/mol. The summed E-state index contributed by atoms with van der Waals surface area (Å²) in [5, 5.41) is 1.02. The van der Waals surface area contributed by atoms with Crippen LogP contribution in [0.25, 0.3) is 0 Å². The average molecular weight is 375 g/mol. The number of carbonyl (C=O) groups excluding carboxylic acids is 2. The Labute approximate surface area is 156 Å². The maximum Gasteiger partial charge on any atom is 0.325 e. The van der Waals surface area contributed by atoms with Crippen LogP contribution < -0.4 is 4.90 Å². The summed E-state index contributed by atoms with van der Waals surface area (Å²) < 4.78 is 9.89. The Kier molecular flexibility index (Phi) is 5.92. The van der Waals surface area contributed by atoms with Crippen molar-refractivity contribution in [1.82, 2.24) is 0 Å². The molecule has 7 nitrogen and oxygen atoms in total. The van der Waals surface area contributed by atoms with E-state index in [4.69, 9.17) is 9.47 Å². The molecule has 2 aliphatic heterocycles. The number of hydrogen-bond donors (Lipinski definition) is 0. The quantitative estimate of drug-likeness (QED) is 0.432. The van der Waals surface area contributed by atoms with Crippen LogP contribution in [-0.2, 0) is 19.1 Å². The smallest absolute Gasteiger partial charge is 0.325 e. The minimum atomic E-state index is -1.16. The Balaban J connectivity index is 1.81. The van der Waals surface area contributed by atoms with Gasteiger partial charge in [-0.1, -0.05) is 0 Å². The lowest BCUT2D eigenvalue weighted by molar-refractivity contribution is -0.157. The first-order valence-corrected chi connectivity index (χ1v) is 9.47. The van der Waals surface area contributed by atoms with Crippen molar-refractivity contribution in [3.05, 3.63) is 18.2 Å². The van der Waals surface area contributed by atoms with Gasteiger partial charge in [-0.15, -0.1) is 0 Å². The maximum atomic E-state index is 12.0. The summed E-state index contributed by atoms with van der Waals surface area (Å²) in [5.74, 6) is -2.47. The van der Waals surface area contributed by atoms with Crippen LogP contribution in [0.4, 0.5) is 11.4 Å². The van der Waals surface area contributed by atoms with E-state index in [2.05, 4.69) is 14.9 Å². The third-order valence-electron chi connectivity index (χ3n) is 3.91. The highest BCUT2D eigenvalue weighted by Crippen LogP contribution is 2.43. The van der Waals surface area contributed by atoms with Crippen molar-refractivity contribution in [1.29, 1.82) is 0 Å². The molecule has 1 aromatic carbocycles. The summed E-state index contributed by atoms with van der Waals surface area (Å²) in [7, 11) is 0. The van der Waals surface area contributed by atoms with E-state index < -0.39 is 17.9 Å². The topological polar surface area (TPSA) is 80.6 Å². The summed E-state index contributed by atoms with van der Waals surface area (Å²) in [6, 6.07) is 5.78. The molecule has 0 atom stereocenters. The minimum Gasteiger partial charge on any atom is -0.465 e. The number of anilines is 1. The molecule has 0 fully saturated rings. The Morgan fingerprint density at radius 3 is 2.73 bits per heavy atom. The Morgan fingerprint density at radius 1 is 1.31 bits per heavy atom. The number of amidine groups is 1. The molecule has 0 radical (unpaired) electrons. The van der Waals surface area contributed by atoms with Gasteiger partial charge < -0.3 is 14.4 Å². The van der Waals surface area contributed by atoms with Crippen molar-refractivity contribution in [2.45, 2.75) is 25.2 Å². The Bertz CT molecular complexity index is 745. The summed E-state index contributed by atoms with van der Waals surface area (Å²) in [4.78, 5) is 36.2. The van der Waals surface area contributed by atoms with Gasteiger partial charge in [-0.3, -0.25) is 19.6 Å². The SMILES string of the molecule is CCOC(=O)C(C=Nc1ccc2c(c1)N1CCCN=C1S2)C(=O)OCC. The fraction of sp³-hybridized carbons (Fsp3) is 0.444. The molecule has 0 saturated carbocycles. The highest BCUT2D eigenvalue weighted by molar-refractivity contribution is 8.14. The van der Waals surface area contributed by atoms with Gasteiger partial charge in [0.25, 0.3) is 0 Å². The second-order valence-corrected chi connectivity index (χ2v) is 6.69. The number of aliphatic imine (C=N–C) groups is 2. The monoisotopic (exact) mass is 375 g/mol. The van der Waals surface area contributed by atoms with E-state index in [-0.39, 0.29) is 13.2 Å². The molecule has 3 rings (SSSR count). The molecule has 2 aliphatic rings. The third-order valence-corrected chi connectivity index (χ3v) is 5.00. The average Bonchev–Trinajstić information content (AvgIpc) is 3.00. The van der Waals surface area contributed by atoms with E-state index >= 15 is 0 Å². The highest BCUT2D eigenvalue weighted by Gasteiger charge is 2.29. The summed E-state index contributed by atoms with van der Waals surface area (Å²) in [6.45, 7) is 5.55. The number of esters is 2. The zero-order valence-corrected chi connectivity index (χ0v) is 15.6. The van der Waals surface area contributed by atoms with Gasteiger partial charge in [-0.05, 0) is 50.2 Å². The maximum absolute atomic E-state index is 12.0. The number of carbonyl (C=O) groups is 2. The molecule has 0 saturated heterocycles. The molecule has 1 aromatic rings. The molecule has 0 bridgehead atoms. The molecule has 0 N–H and O–H groups in total. The fourth-order valence-corrected chi connectivity index (χ4v) is 3.78. The van der Waals surface area contributed by atoms with Crippen molar-refractivity contribution in [3.63, 3.8) is 0 Å². The lowest BCUT2D eigenvalue weighted by atomic mass is 10.1. The zero-order valence-electron chi connectivity index (χ0n) is 14.8. The first-order valence-electron chi connectivity index (χ1n) is 8.65. The van der Waals surface area contributed by atoms with E-state index in [1.807, 2.05) is 18.2 Å². The minimum absolute atomic E-state index is 0.190. The van der Waals surface area contributed by atoms with Crippen LogP contribution in [-0.4, -0.2) is 49.6 Å². The van der Waals surface area contributed by atoms with Crippen LogP contribution in [0.1, 0.15) is 20.3 Å². The standard InChI is InChI=1S/C18H21N3O4S/c1-3-24-16(22)13(17(23)25-4-2)11-20-12-6-7-15-14(10-12)21-9-5-8-19-18(21)26-15/h6-7,10-11,13H,3-5,8-9H2,1-2H3. The predicted octanol–water partition coefficient (Wildman–Crippen LogP) is 2.80. The van der Waals surface area contributed by atoms with Crippen LogP contribution in [0.2, 0.25) is 0 Å². The number of benzene rings is 1. The third kappa shape index (κ3) is 3.90. The van der Waals surface area contributed by atoms with E-state index in [0.717, 1.165) is 35.3 Å². The van der Waals surface area contributed by atoms with Crippen LogP contribution in [0, 0.1) is 5.92 Å². The number of rotatable bonds is 6. The molecule has 0 spiro atoms. The van der Waals surface area contributed by atoms with Gasteiger partial charge in [0.15, 0.2) is 11.1 Å². The summed E-state index contributed by atoms with van der Waals surface area (Å²) in [6.07, 6.45) is 2.32. The molecule has 26 heavy (non-hydrogen) atoms. The largest absolute Gasteiger partial charge is 0.465 e. The summed E-state index contributed by atoms with van der Waals surface area (Å²) >= 11 is 1.65. The Morgan fingerprint density at radius 2 is 2.04 bits per heavy atom. The van der Waals surface area contributed by atoms with Gasteiger partial charge in [0.05, 0.1) is 24.6 Å². The number of thioether (sulfide) groups is 1. The van der Waals surface area contributed by atoms with Gasteiger partial charge in [0.2, 0.25) is 0 Å². The summed E-state index contributed by atoms with van der Waals surface area (Å²) in [5.41, 5.74) is 1.72. The number of hydrogen-bond acceptors (Lipinski definition) is 8. The van der Waals surface area contributed by atoms with Gasteiger partial charge in [0.1, 0.15) is 0 Å². The fourth-order valence-electron chi connectivity index (χ4n) is 2.72. The first-order chi connectivity index (χ1) is 12.6. The molecule has 0 amide bonds. The molecular formula is C18H21N3O4S. The first kappa shape index (κ1) is 18.4. The lowest BCUT2D eigenvalue weighted by Crippen LogP contribution is -2.30. The van der Waals surface area contributed by atoms with Gasteiger partial charge >= 0.3 is 11.9 Å². The number of fused-ring (bicyclic) bond motifs is 3. The molecule has 2 heterocycles. The van der Waals surface area contributed by atoms with Crippen LogP contribution >= 0.6 is 11.8 Å². The van der Waals surface area contributed by atoms with Gasteiger partial charge in [0, 0.05) is 24.2 Å². The zero-order chi connectivity index (χ0) is 18.5. The normalized spacial score (nSPS) is 15.7. The molecule has 0 aliphatic carbocycles. The van der Waals surface area contributed by atoms with Crippen molar-refractivity contribution in [2.24, 2.45) is 15.9 Å². The van der Waals surface area contributed by atoms with Crippen LogP contribution in [0.15, 0.2) is 33.1 Å². The van der Waals surface area contributed by atoms with Crippen LogP contribution in [0.3, 0.4) is 0 Å². The molecule has 0 unspecified atom stereocenters. The van der Waals surface area contributed by atoms with Gasteiger partial charge in [-0.25, -0.2) is 0 Å². The van der Waals surface area contributed by atoms with Crippen molar-refractivity contribution in [3.8, 4) is 0 Å². The Hall–Kier alpha value is -2.35. The van der Waals surface area contributed by atoms with E-state index in [9.17, 15) is 9.59 Å². The predicted molar refractivity (Wildman–Crippen MR) is 101 cm³/mol. The highest BCUT2D eigenvalue weighted by atomic mass is 32.2. The molecule has 0 aromatic heterocycles.